The van der Waals surface area contributed by atoms with Crippen LogP contribution < -0.4 is 10.5 Å². The van der Waals surface area contributed by atoms with Gasteiger partial charge < -0.3 is 5.73 Å². The van der Waals surface area contributed by atoms with Crippen LogP contribution in [0.1, 0.15) is 18.4 Å². The molecule has 7 heteroatoms. The summed E-state index contributed by atoms with van der Waals surface area (Å²) in [6.07, 6.45) is 0. The predicted molar refractivity (Wildman–Crippen MR) is 112 cm³/mol. The molecule has 0 radical (unpaired) electrons. The van der Waals surface area contributed by atoms with E-state index in [2.05, 4.69) is 11.6 Å². The molecule has 1 aliphatic rings. The van der Waals surface area contributed by atoms with E-state index in [4.69, 9.17) is 17.3 Å². The number of benzene rings is 2. The van der Waals surface area contributed by atoms with Crippen molar-refractivity contribution in [3.8, 4) is 10.4 Å². The van der Waals surface area contributed by atoms with Gasteiger partial charge in [0.15, 0.2) is 0 Å². The van der Waals surface area contributed by atoms with Crippen LogP contribution >= 0.6 is 22.9 Å². The maximum atomic E-state index is 12.8. The maximum absolute atomic E-state index is 12.8. The normalized spacial score (nSPS) is 21.9. The lowest BCUT2D eigenvalue weighted by Gasteiger charge is -2.05. The number of nitrogens with one attached hydrogen (secondary N) is 1. The molecule has 3 aromatic rings. The van der Waals surface area contributed by atoms with Crippen molar-refractivity contribution in [3.63, 3.8) is 0 Å². The summed E-state index contributed by atoms with van der Waals surface area (Å²) in [6, 6.07) is 18.7. The standard InChI is InChI=1S/C20H19ClN2O2S2/c1-12-19(13-5-3-2-4-6-13)20(12)23-27(24,25)18-10-9-17(26-18)14-7-8-15(21)16(22)11-14/h2-12,19-20,23H,22H2,1H3/t12-,19-,20+/m1/s1. The van der Waals surface area contributed by atoms with E-state index < -0.39 is 10.0 Å². The van der Waals surface area contributed by atoms with Gasteiger partial charge in [-0.05, 0) is 41.3 Å². The number of hydrogen-bond donors (Lipinski definition) is 2. The smallest absolute Gasteiger partial charge is 0.250 e. The summed E-state index contributed by atoms with van der Waals surface area (Å²) in [5, 5.41) is 0.486. The Balaban J connectivity index is 1.53. The average molecular weight is 419 g/mol. The van der Waals surface area contributed by atoms with Gasteiger partial charge >= 0.3 is 0 Å². The number of thiophene rings is 1. The van der Waals surface area contributed by atoms with Crippen molar-refractivity contribution >= 4 is 38.6 Å². The third-order valence-corrected chi connectivity index (χ3v) is 8.41. The average Bonchev–Trinajstić information content (AvgIpc) is 3.06. The van der Waals surface area contributed by atoms with E-state index in [1.54, 1.807) is 24.3 Å². The van der Waals surface area contributed by atoms with Gasteiger partial charge in [-0.2, -0.15) is 0 Å². The molecule has 1 aliphatic carbocycles. The first-order valence-corrected chi connectivity index (χ1v) is 11.3. The summed E-state index contributed by atoms with van der Waals surface area (Å²) in [7, 11) is -3.57. The lowest BCUT2D eigenvalue weighted by atomic mass is 10.1. The van der Waals surface area contributed by atoms with E-state index in [9.17, 15) is 8.42 Å². The Kier molecular flexibility index (Phi) is 4.76. The van der Waals surface area contributed by atoms with Crippen molar-refractivity contribution in [1.82, 2.24) is 4.72 Å². The zero-order chi connectivity index (χ0) is 19.2. The molecule has 1 saturated carbocycles. The maximum Gasteiger partial charge on any atom is 0.250 e. The molecular formula is C20H19ClN2O2S2. The topological polar surface area (TPSA) is 72.2 Å². The third-order valence-electron chi connectivity index (χ3n) is 4.98. The lowest BCUT2D eigenvalue weighted by molar-refractivity contribution is 0.580. The molecule has 0 unspecified atom stereocenters. The van der Waals surface area contributed by atoms with Crippen LogP contribution in [0.5, 0.6) is 0 Å². The Bertz CT molecular complexity index is 1080. The first-order chi connectivity index (χ1) is 12.9. The first-order valence-electron chi connectivity index (χ1n) is 8.59. The number of rotatable bonds is 5. The van der Waals surface area contributed by atoms with Crippen LogP contribution in [-0.2, 0) is 10.0 Å². The zero-order valence-corrected chi connectivity index (χ0v) is 17.0. The molecule has 27 heavy (non-hydrogen) atoms. The number of halogens is 1. The summed E-state index contributed by atoms with van der Waals surface area (Å²) in [5.41, 5.74) is 8.35. The highest BCUT2D eigenvalue weighted by Gasteiger charge is 2.49. The van der Waals surface area contributed by atoms with E-state index in [0.717, 1.165) is 10.4 Å². The van der Waals surface area contributed by atoms with Gasteiger partial charge in [-0.25, -0.2) is 13.1 Å². The molecule has 3 atom stereocenters. The summed E-state index contributed by atoms with van der Waals surface area (Å²) < 4.78 is 28.8. The molecule has 140 valence electrons. The lowest BCUT2D eigenvalue weighted by Crippen LogP contribution is -2.27. The molecule has 0 spiro atoms. The quantitative estimate of drug-likeness (QED) is 0.588. The van der Waals surface area contributed by atoms with Crippen LogP contribution in [-0.4, -0.2) is 14.5 Å². The molecule has 2 aromatic carbocycles. The zero-order valence-electron chi connectivity index (χ0n) is 14.6. The molecule has 0 saturated heterocycles. The molecule has 0 bridgehead atoms. The fraction of sp³-hybridized carbons (Fsp3) is 0.200. The summed E-state index contributed by atoms with van der Waals surface area (Å²) >= 11 is 7.19. The Hall–Kier alpha value is -1.86. The van der Waals surface area contributed by atoms with Crippen LogP contribution in [0.2, 0.25) is 5.02 Å². The molecule has 0 aliphatic heterocycles. The Morgan fingerprint density at radius 2 is 1.81 bits per heavy atom. The molecule has 1 heterocycles. The van der Waals surface area contributed by atoms with Gasteiger partial charge in [0.2, 0.25) is 10.0 Å². The summed E-state index contributed by atoms with van der Waals surface area (Å²) in [4.78, 5) is 0.835. The van der Waals surface area contributed by atoms with Crippen molar-refractivity contribution in [3.05, 3.63) is 71.2 Å². The number of hydrogen-bond acceptors (Lipinski definition) is 4. The highest BCUT2D eigenvalue weighted by molar-refractivity contribution is 7.91. The second kappa shape index (κ2) is 6.95. The minimum absolute atomic E-state index is 0.0749. The fourth-order valence-corrected chi connectivity index (χ4v) is 6.17. The Morgan fingerprint density at radius 3 is 2.52 bits per heavy atom. The van der Waals surface area contributed by atoms with Gasteiger partial charge in [0.25, 0.3) is 0 Å². The molecular weight excluding hydrogens is 400 g/mol. The van der Waals surface area contributed by atoms with Gasteiger partial charge in [-0.3, -0.25) is 0 Å². The van der Waals surface area contributed by atoms with Crippen LogP contribution in [0.25, 0.3) is 10.4 Å². The number of anilines is 1. The number of nitrogens with two attached hydrogens (primary N) is 1. The highest BCUT2D eigenvalue weighted by Crippen LogP contribution is 2.48. The van der Waals surface area contributed by atoms with Crippen molar-refractivity contribution in [2.75, 3.05) is 5.73 Å². The highest BCUT2D eigenvalue weighted by atomic mass is 35.5. The first kappa shape index (κ1) is 18.5. The largest absolute Gasteiger partial charge is 0.398 e. The van der Waals surface area contributed by atoms with E-state index in [0.29, 0.717) is 14.9 Å². The van der Waals surface area contributed by atoms with Crippen molar-refractivity contribution in [2.45, 2.75) is 23.1 Å². The monoisotopic (exact) mass is 418 g/mol. The van der Waals surface area contributed by atoms with Gasteiger partial charge in [-0.15, -0.1) is 11.3 Å². The Morgan fingerprint density at radius 1 is 1.07 bits per heavy atom. The minimum Gasteiger partial charge on any atom is -0.398 e. The van der Waals surface area contributed by atoms with Crippen LogP contribution in [0, 0.1) is 5.92 Å². The van der Waals surface area contributed by atoms with Crippen molar-refractivity contribution in [2.24, 2.45) is 5.92 Å². The predicted octanol–water partition coefficient (Wildman–Crippen LogP) is 4.73. The second-order valence-corrected chi connectivity index (χ2v) is 10.2. The SMILES string of the molecule is C[C@H]1[C@H](NS(=O)(=O)c2ccc(-c3ccc(Cl)c(N)c3)s2)[C@H]1c1ccccc1. The van der Waals surface area contributed by atoms with E-state index in [1.807, 2.05) is 36.4 Å². The molecule has 3 N–H and O–H groups in total. The van der Waals surface area contributed by atoms with Gasteiger partial charge in [0.1, 0.15) is 4.21 Å². The second-order valence-electron chi connectivity index (χ2n) is 6.80. The molecule has 4 nitrogen and oxygen atoms in total. The number of sulfonamides is 1. The van der Waals surface area contributed by atoms with Crippen molar-refractivity contribution < 1.29 is 8.42 Å². The van der Waals surface area contributed by atoms with Crippen LogP contribution in [0.3, 0.4) is 0 Å². The molecule has 0 amide bonds. The Labute approximate surface area is 168 Å². The van der Waals surface area contributed by atoms with Gasteiger partial charge in [-0.1, -0.05) is 54.9 Å². The number of nitrogen functional groups attached to an aromatic ring is 1. The third kappa shape index (κ3) is 3.62. The van der Waals surface area contributed by atoms with Crippen molar-refractivity contribution in [1.29, 1.82) is 0 Å². The fourth-order valence-electron chi connectivity index (χ4n) is 3.38. The van der Waals surface area contributed by atoms with E-state index in [1.165, 1.54) is 16.9 Å². The minimum atomic E-state index is -3.57. The molecule has 4 rings (SSSR count). The summed E-state index contributed by atoms with van der Waals surface area (Å²) in [6.45, 7) is 2.07. The molecule has 1 fully saturated rings. The summed E-state index contributed by atoms with van der Waals surface area (Å²) in [5.74, 6) is 0.495. The van der Waals surface area contributed by atoms with Crippen LogP contribution in [0.15, 0.2) is 64.9 Å². The van der Waals surface area contributed by atoms with E-state index in [-0.39, 0.29) is 17.9 Å². The molecule has 1 aromatic heterocycles. The van der Waals surface area contributed by atoms with Crippen LogP contribution in [0.4, 0.5) is 5.69 Å². The van der Waals surface area contributed by atoms with E-state index >= 15 is 0 Å². The van der Waals surface area contributed by atoms with Gasteiger partial charge in [0.05, 0.1) is 10.7 Å². The van der Waals surface area contributed by atoms with Gasteiger partial charge in [0, 0.05) is 16.8 Å².